The molecule has 0 aliphatic rings. The van der Waals surface area contributed by atoms with Crippen molar-refractivity contribution in [3.05, 3.63) is 34.9 Å². The molecule has 1 rings (SSSR count). The number of hydrogen-bond donors (Lipinski definition) is 0. The highest BCUT2D eigenvalue weighted by atomic mass is 35.5. The van der Waals surface area contributed by atoms with Crippen molar-refractivity contribution in [1.29, 1.82) is 0 Å². The summed E-state index contributed by atoms with van der Waals surface area (Å²) in [6.07, 6.45) is 3.78. The lowest BCUT2D eigenvalue weighted by Gasteiger charge is -2.02. The van der Waals surface area contributed by atoms with Crippen LogP contribution in [-0.2, 0) is 9.53 Å². The van der Waals surface area contributed by atoms with Gasteiger partial charge in [-0.15, -0.1) is 0 Å². The molecular weight excluding hydrogens is 228 g/mol. The summed E-state index contributed by atoms with van der Waals surface area (Å²) >= 11 is 5.95. The van der Waals surface area contributed by atoms with Crippen LogP contribution in [0.2, 0.25) is 5.02 Å². The van der Waals surface area contributed by atoms with Crippen molar-refractivity contribution < 1.29 is 14.3 Å². The standard InChI is InChI=1S/C12H13ClO3/c1-15-11-7-6-9(8-10(11)13)4-3-5-12(14)16-2/h3-4,6-8H,5H2,1-2H3. The molecule has 0 bridgehead atoms. The summed E-state index contributed by atoms with van der Waals surface area (Å²) in [7, 11) is 2.93. The van der Waals surface area contributed by atoms with Gasteiger partial charge < -0.3 is 9.47 Å². The van der Waals surface area contributed by atoms with E-state index in [0.29, 0.717) is 10.8 Å². The number of hydrogen-bond acceptors (Lipinski definition) is 3. The van der Waals surface area contributed by atoms with Crippen molar-refractivity contribution in [1.82, 2.24) is 0 Å². The van der Waals surface area contributed by atoms with Crippen molar-refractivity contribution in [3.8, 4) is 5.75 Å². The highest BCUT2D eigenvalue weighted by Crippen LogP contribution is 2.25. The van der Waals surface area contributed by atoms with E-state index in [4.69, 9.17) is 16.3 Å². The number of methoxy groups -OCH3 is 2. The maximum atomic E-state index is 10.8. The number of ether oxygens (including phenoxy) is 2. The van der Waals surface area contributed by atoms with Crippen molar-refractivity contribution >= 4 is 23.6 Å². The summed E-state index contributed by atoms with van der Waals surface area (Å²) < 4.78 is 9.54. The molecule has 0 radical (unpaired) electrons. The molecule has 0 heterocycles. The fourth-order valence-electron chi connectivity index (χ4n) is 1.16. The van der Waals surface area contributed by atoms with Crippen LogP contribution in [0.3, 0.4) is 0 Å². The Morgan fingerprint density at radius 2 is 2.19 bits per heavy atom. The average Bonchev–Trinajstić information content (AvgIpc) is 2.29. The van der Waals surface area contributed by atoms with E-state index >= 15 is 0 Å². The summed E-state index contributed by atoms with van der Waals surface area (Å²) in [6.45, 7) is 0. The summed E-state index contributed by atoms with van der Waals surface area (Å²) in [5, 5.41) is 0.544. The lowest BCUT2D eigenvalue weighted by atomic mass is 10.2. The van der Waals surface area contributed by atoms with Gasteiger partial charge in [-0.25, -0.2) is 0 Å². The minimum absolute atomic E-state index is 0.250. The van der Waals surface area contributed by atoms with E-state index < -0.39 is 0 Å². The number of rotatable bonds is 4. The van der Waals surface area contributed by atoms with E-state index in [1.807, 2.05) is 12.1 Å². The van der Waals surface area contributed by atoms with Crippen LogP contribution in [0.1, 0.15) is 12.0 Å². The van der Waals surface area contributed by atoms with Gasteiger partial charge in [-0.2, -0.15) is 0 Å². The monoisotopic (exact) mass is 240 g/mol. The largest absolute Gasteiger partial charge is 0.495 e. The Bertz CT molecular complexity index is 399. The second kappa shape index (κ2) is 6.18. The molecule has 3 nitrogen and oxygen atoms in total. The van der Waals surface area contributed by atoms with Gasteiger partial charge in [-0.1, -0.05) is 29.8 Å². The van der Waals surface area contributed by atoms with Gasteiger partial charge in [0, 0.05) is 0 Å². The first-order valence-corrected chi connectivity index (χ1v) is 5.12. The van der Waals surface area contributed by atoms with E-state index in [1.165, 1.54) is 7.11 Å². The quantitative estimate of drug-likeness (QED) is 0.759. The van der Waals surface area contributed by atoms with E-state index in [2.05, 4.69) is 4.74 Å². The van der Waals surface area contributed by atoms with E-state index in [-0.39, 0.29) is 12.4 Å². The molecule has 0 N–H and O–H groups in total. The number of carbonyl (C=O) groups excluding carboxylic acids is 1. The molecule has 0 amide bonds. The maximum absolute atomic E-state index is 10.8. The Morgan fingerprint density at radius 3 is 2.75 bits per heavy atom. The lowest BCUT2D eigenvalue weighted by molar-refractivity contribution is -0.139. The van der Waals surface area contributed by atoms with Gasteiger partial charge in [0.15, 0.2) is 0 Å². The third-order valence-corrected chi connectivity index (χ3v) is 2.29. The predicted molar refractivity (Wildman–Crippen MR) is 63.7 cm³/mol. The van der Waals surface area contributed by atoms with E-state index in [1.54, 1.807) is 25.3 Å². The van der Waals surface area contributed by atoms with Crippen LogP contribution < -0.4 is 4.74 Å². The molecule has 0 aromatic heterocycles. The average molecular weight is 241 g/mol. The Kier molecular flexibility index (Phi) is 4.86. The fourth-order valence-corrected chi connectivity index (χ4v) is 1.43. The second-order valence-corrected chi connectivity index (χ2v) is 3.48. The molecule has 0 fully saturated rings. The zero-order chi connectivity index (χ0) is 12.0. The number of esters is 1. The van der Waals surface area contributed by atoms with Crippen molar-refractivity contribution in [2.45, 2.75) is 6.42 Å². The summed E-state index contributed by atoms with van der Waals surface area (Å²) in [6, 6.07) is 5.41. The molecule has 16 heavy (non-hydrogen) atoms. The van der Waals surface area contributed by atoms with E-state index in [0.717, 1.165) is 5.56 Å². The Balaban J connectivity index is 2.68. The lowest BCUT2D eigenvalue weighted by Crippen LogP contribution is -1.96. The number of carbonyl (C=O) groups is 1. The number of halogens is 1. The van der Waals surface area contributed by atoms with Crippen molar-refractivity contribution in [2.75, 3.05) is 14.2 Å². The fraction of sp³-hybridized carbons (Fsp3) is 0.250. The first kappa shape index (κ1) is 12.6. The molecular formula is C12H13ClO3. The van der Waals surface area contributed by atoms with Gasteiger partial charge in [0.05, 0.1) is 25.7 Å². The molecule has 1 aromatic carbocycles. The van der Waals surface area contributed by atoms with Crippen molar-refractivity contribution in [3.63, 3.8) is 0 Å². The SMILES string of the molecule is COC(=O)CC=Cc1ccc(OC)c(Cl)c1. The molecule has 0 atom stereocenters. The molecule has 1 aromatic rings. The molecule has 0 aliphatic heterocycles. The third kappa shape index (κ3) is 3.59. The maximum Gasteiger partial charge on any atom is 0.309 e. The van der Waals surface area contributed by atoms with E-state index in [9.17, 15) is 4.79 Å². The molecule has 0 aliphatic carbocycles. The summed E-state index contributed by atoms with van der Waals surface area (Å²) in [5.74, 6) is 0.364. The Morgan fingerprint density at radius 1 is 1.44 bits per heavy atom. The molecule has 4 heteroatoms. The first-order chi connectivity index (χ1) is 7.67. The van der Waals surface area contributed by atoms with Gasteiger partial charge in [-0.3, -0.25) is 4.79 Å². The van der Waals surface area contributed by atoms with Gasteiger partial charge in [0.2, 0.25) is 0 Å². The van der Waals surface area contributed by atoms with Crippen LogP contribution in [0.4, 0.5) is 0 Å². The van der Waals surface area contributed by atoms with Gasteiger partial charge in [0.1, 0.15) is 5.75 Å². The smallest absolute Gasteiger partial charge is 0.309 e. The Hall–Kier alpha value is -1.48. The Labute approximate surface area is 99.6 Å². The van der Waals surface area contributed by atoms with Gasteiger partial charge in [0.25, 0.3) is 0 Å². The first-order valence-electron chi connectivity index (χ1n) is 4.74. The van der Waals surface area contributed by atoms with Crippen LogP contribution in [0.15, 0.2) is 24.3 Å². The van der Waals surface area contributed by atoms with Crippen LogP contribution in [-0.4, -0.2) is 20.2 Å². The molecule has 0 saturated heterocycles. The molecule has 0 spiro atoms. The minimum atomic E-state index is -0.268. The minimum Gasteiger partial charge on any atom is -0.495 e. The summed E-state index contributed by atoms with van der Waals surface area (Å²) in [4.78, 5) is 10.8. The highest BCUT2D eigenvalue weighted by molar-refractivity contribution is 6.32. The topological polar surface area (TPSA) is 35.5 Å². The normalized spacial score (nSPS) is 10.4. The van der Waals surface area contributed by atoms with Crippen LogP contribution in [0.5, 0.6) is 5.75 Å². The highest BCUT2D eigenvalue weighted by Gasteiger charge is 2.00. The molecule has 0 unspecified atom stereocenters. The number of benzene rings is 1. The molecule has 86 valence electrons. The van der Waals surface area contributed by atoms with Gasteiger partial charge in [-0.05, 0) is 17.7 Å². The van der Waals surface area contributed by atoms with Gasteiger partial charge >= 0.3 is 5.97 Å². The predicted octanol–water partition coefficient (Wildman–Crippen LogP) is 2.92. The zero-order valence-electron chi connectivity index (χ0n) is 9.20. The van der Waals surface area contributed by atoms with Crippen LogP contribution >= 0.6 is 11.6 Å². The zero-order valence-corrected chi connectivity index (χ0v) is 9.95. The van der Waals surface area contributed by atoms with Crippen LogP contribution in [0.25, 0.3) is 6.08 Å². The van der Waals surface area contributed by atoms with Crippen LogP contribution in [0, 0.1) is 0 Å². The second-order valence-electron chi connectivity index (χ2n) is 3.08. The molecule has 0 saturated carbocycles. The van der Waals surface area contributed by atoms with Crippen molar-refractivity contribution in [2.24, 2.45) is 0 Å². The third-order valence-electron chi connectivity index (χ3n) is 2.00. The summed E-state index contributed by atoms with van der Waals surface area (Å²) in [5.41, 5.74) is 0.912.